The second-order valence-corrected chi connectivity index (χ2v) is 3.85. The zero-order valence-electron chi connectivity index (χ0n) is 9.10. The van der Waals surface area contributed by atoms with E-state index in [1.165, 1.54) is 0 Å². The average Bonchev–Trinajstić information content (AvgIpc) is 2.27. The SMILES string of the molecule is Cc1nccc2ccc(CCC(=O)O)cc12. The lowest BCUT2D eigenvalue weighted by Crippen LogP contribution is -1.97. The third kappa shape index (κ3) is 2.19. The van der Waals surface area contributed by atoms with Crippen molar-refractivity contribution in [3.8, 4) is 0 Å². The Morgan fingerprint density at radius 2 is 2.19 bits per heavy atom. The van der Waals surface area contributed by atoms with Crippen molar-refractivity contribution in [1.82, 2.24) is 4.98 Å². The van der Waals surface area contributed by atoms with Gasteiger partial charge < -0.3 is 5.11 Å². The van der Waals surface area contributed by atoms with E-state index in [1.54, 1.807) is 6.20 Å². The van der Waals surface area contributed by atoms with Crippen LogP contribution in [0.15, 0.2) is 30.5 Å². The first kappa shape index (κ1) is 10.6. The molecule has 1 aromatic carbocycles. The highest BCUT2D eigenvalue weighted by Crippen LogP contribution is 2.18. The van der Waals surface area contributed by atoms with E-state index in [2.05, 4.69) is 4.98 Å². The Labute approximate surface area is 93.7 Å². The highest BCUT2D eigenvalue weighted by molar-refractivity contribution is 5.84. The van der Waals surface area contributed by atoms with Gasteiger partial charge in [-0.1, -0.05) is 12.1 Å². The van der Waals surface area contributed by atoms with E-state index in [0.717, 1.165) is 22.0 Å². The van der Waals surface area contributed by atoms with E-state index in [9.17, 15) is 4.79 Å². The summed E-state index contributed by atoms with van der Waals surface area (Å²) < 4.78 is 0. The van der Waals surface area contributed by atoms with E-state index in [-0.39, 0.29) is 6.42 Å². The third-order valence-corrected chi connectivity index (χ3v) is 2.66. The predicted molar refractivity (Wildman–Crippen MR) is 62.4 cm³/mol. The quantitative estimate of drug-likeness (QED) is 0.856. The number of aryl methyl sites for hydroxylation is 2. The molecule has 2 aromatic rings. The number of carboxylic acid groups (broad SMARTS) is 1. The van der Waals surface area contributed by atoms with Gasteiger partial charge in [-0.3, -0.25) is 9.78 Å². The number of fused-ring (bicyclic) bond motifs is 1. The zero-order chi connectivity index (χ0) is 11.5. The van der Waals surface area contributed by atoms with Crippen LogP contribution in [0.3, 0.4) is 0 Å². The summed E-state index contributed by atoms with van der Waals surface area (Å²) in [5.74, 6) is -0.761. The van der Waals surface area contributed by atoms with Crippen LogP contribution in [0, 0.1) is 6.92 Å². The van der Waals surface area contributed by atoms with Crippen LogP contribution in [-0.4, -0.2) is 16.1 Å². The van der Waals surface area contributed by atoms with Crippen molar-refractivity contribution in [1.29, 1.82) is 0 Å². The maximum Gasteiger partial charge on any atom is 0.303 e. The van der Waals surface area contributed by atoms with Gasteiger partial charge in [-0.2, -0.15) is 0 Å². The maximum absolute atomic E-state index is 10.5. The molecule has 82 valence electrons. The van der Waals surface area contributed by atoms with Crippen molar-refractivity contribution in [2.45, 2.75) is 19.8 Å². The van der Waals surface area contributed by atoms with Gasteiger partial charge in [0, 0.05) is 23.7 Å². The van der Waals surface area contributed by atoms with Gasteiger partial charge >= 0.3 is 5.97 Å². The number of benzene rings is 1. The van der Waals surface area contributed by atoms with Crippen LogP contribution >= 0.6 is 0 Å². The summed E-state index contributed by atoms with van der Waals surface area (Å²) in [4.78, 5) is 14.7. The van der Waals surface area contributed by atoms with Gasteiger partial charge in [0.1, 0.15) is 0 Å². The minimum Gasteiger partial charge on any atom is -0.481 e. The summed E-state index contributed by atoms with van der Waals surface area (Å²) in [6.45, 7) is 1.96. The second-order valence-electron chi connectivity index (χ2n) is 3.85. The summed E-state index contributed by atoms with van der Waals surface area (Å²) in [7, 11) is 0. The van der Waals surface area contributed by atoms with Crippen molar-refractivity contribution in [2.24, 2.45) is 0 Å². The molecule has 0 fully saturated rings. The first-order valence-electron chi connectivity index (χ1n) is 5.23. The molecule has 3 heteroatoms. The molecule has 16 heavy (non-hydrogen) atoms. The van der Waals surface area contributed by atoms with Crippen LogP contribution in [0.4, 0.5) is 0 Å². The summed E-state index contributed by atoms with van der Waals surface area (Å²) in [5.41, 5.74) is 2.03. The first-order chi connectivity index (χ1) is 7.66. The normalized spacial score (nSPS) is 10.6. The van der Waals surface area contributed by atoms with Crippen LogP contribution in [0.2, 0.25) is 0 Å². The van der Waals surface area contributed by atoms with Gasteiger partial charge in [-0.05, 0) is 36.4 Å². The Balaban J connectivity index is 2.35. The Kier molecular flexibility index (Phi) is 2.86. The number of aromatic nitrogens is 1. The Bertz CT molecular complexity index is 534. The monoisotopic (exact) mass is 215 g/mol. The molecule has 0 aliphatic heterocycles. The molecular formula is C13H13NO2. The minimum atomic E-state index is -0.761. The molecule has 0 amide bonds. The standard InChI is InChI=1S/C13H13NO2/c1-9-12-8-10(3-5-13(15)16)2-4-11(12)6-7-14-9/h2,4,6-8H,3,5H2,1H3,(H,15,16). The number of carbonyl (C=O) groups is 1. The Morgan fingerprint density at radius 3 is 2.94 bits per heavy atom. The van der Waals surface area contributed by atoms with Gasteiger partial charge in [-0.25, -0.2) is 0 Å². The molecule has 0 unspecified atom stereocenters. The maximum atomic E-state index is 10.5. The fourth-order valence-corrected chi connectivity index (χ4v) is 1.77. The second kappa shape index (κ2) is 4.31. The van der Waals surface area contributed by atoms with E-state index >= 15 is 0 Å². The molecule has 0 bridgehead atoms. The minimum absolute atomic E-state index is 0.171. The van der Waals surface area contributed by atoms with Crippen molar-refractivity contribution in [3.63, 3.8) is 0 Å². The number of rotatable bonds is 3. The lowest BCUT2D eigenvalue weighted by molar-refractivity contribution is -0.136. The molecule has 1 N–H and O–H groups in total. The molecular weight excluding hydrogens is 202 g/mol. The van der Waals surface area contributed by atoms with Crippen LogP contribution in [0.25, 0.3) is 10.8 Å². The fraction of sp³-hybridized carbons (Fsp3) is 0.231. The van der Waals surface area contributed by atoms with Crippen molar-refractivity contribution >= 4 is 16.7 Å². The summed E-state index contributed by atoms with van der Waals surface area (Å²) in [6.07, 6.45) is 2.53. The Morgan fingerprint density at radius 1 is 1.38 bits per heavy atom. The number of carboxylic acids is 1. The third-order valence-electron chi connectivity index (χ3n) is 2.66. The molecule has 1 heterocycles. The number of hydrogen-bond acceptors (Lipinski definition) is 2. The first-order valence-corrected chi connectivity index (χ1v) is 5.23. The highest BCUT2D eigenvalue weighted by Gasteiger charge is 2.02. The number of pyridine rings is 1. The number of aliphatic carboxylic acids is 1. The van der Waals surface area contributed by atoms with E-state index in [0.29, 0.717) is 6.42 Å². The lowest BCUT2D eigenvalue weighted by Gasteiger charge is -2.04. The van der Waals surface area contributed by atoms with Crippen LogP contribution in [0.5, 0.6) is 0 Å². The summed E-state index contributed by atoms with van der Waals surface area (Å²) >= 11 is 0. The fourth-order valence-electron chi connectivity index (χ4n) is 1.77. The smallest absolute Gasteiger partial charge is 0.303 e. The Hall–Kier alpha value is -1.90. The molecule has 0 aliphatic carbocycles. The molecule has 0 aliphatic rings. The molecule has 0 saturated heterocycles. The predicted octanol–water partition coefficient (Wildman–Crippen LogP) is 2.56. The van der Waals surface area contributed by atoms with Crippen molar-refractivity contribution in [2.75, 3.05) is 0 Å². The van der Waals surface area contributed by atoms with Gasteiger partial charge in [0.2, 0.25) is 0 Å². The van der Waals surface area contributed by atoms with Crippen LogP contribution < -0.4 is 0 Å². The molecule has 0 atom stereocenters. The van der Waals surface area contributed by atoms with Gasteiger partial charge in [0.25, 0.3) is 0 Å². The number of nitrogens with zero attached hydrogens (tertiary/aromatic N) is 1. The van der Waals surface area contributed by atoms with Crippen LogP contribution in [-0.2, 0) is 11.2 Å². The molecule has 0 saturated carbocycles. The molecule has 3 nitrogen and oxygen atoms in total. The van der Waals surface area contributed by atoms with Crippen molar-refractivity contribution < 1.29 is 9.90 Å². The van der Waals surface area contributed by atoms with Gasteiger partial charge in [0.15, 0.2) is 0 Å². The molecule has 0 radical (unpaired) electrons. The van der Waals surface area contributed by atoms with E-state index < -0.39 is 5.97 Å². The summed E-state index contributed by atoms with van der Waals surface area (Å²) in [5, 5.41) is 10.9. The molecule has 0 spiro atoms. The van der Waals surface area contributed by atoms with E-state index in [1.807, 2.05) is 31.2 Å². The topological polar surface area (TPSA) is 50.2 Å². The van der Waals surface area contributed by atoms with Crippen molar-refractivity contribution in [3.05, 3.63) is 41.7 Å². The molecule has 1 aromatic heterocycles. The van der Waals surface area contributed by atoms with Gasteiger partial charge in [0.05, 0.1) is 0 Å². The van der Waals surface area contributed by atoms with Gasteiger partial charge in [-0.15, -0.1) is 0 Å². The van der Waals surface area contributed by atoms with E-state index in [4.69, 9.17) is 5.11 Å². The number of hydrogen-bond donors (Lipinski definition) is 1. The average molecular weight is 215 g/mol. The lowest BCUT2D eigenvalue weighted by atomic mass is 10.0. The largest absolute Gasteiger partial charge is 0.481 e. The highest BCUT2D eigenvalue weighted by atomic mass is 16.4. The summed E-state index contributed by atoms with van der Waals surface area (Å²) in [6, 6.07) is 7.98. The van der Waals surface area contributed by atoms with Crippen LogP contribution in [0.1, 0.15) is 17.7 Å². The molecule has 2 rings (SSSR count). The zero-order valence-corrected chi connectivity index (χ0v) is 9.10.